The Balaban J connectivity index is 1.32. The Morgan fingerprint density at radius 2 is 1.82 bits per heavy atom. The number of benzene rings is 2. The van der Waals surface area contributed by atoms with Gasteiger partial charge in [-0.15, -0.1) is 0 Å². The van der Waals surface area contributed by atoms with Crippen LogP contribution in [-0.2, 0) is 14.8 Å². The molecule has 2 heterocycles. The molecule has 8 nitrogen and oxygen atoms in total. The Bertz CT molecular complexity index is 1550. The first-order chi connectivity index (χ1) is 18.2. The molecule has 10 heteroatoms. The lowest BCUT2D eigenvalue weighted by Gasteiger charge is -2.50. The number of halogens is 1. The first-order valence-electron chi connectivity index (χ1n) is 13.1. The molecule has 1 aromatic heterocycles. The van der Waals surface area contributed by atoms with Gasteiger partial charge in [-0.3, -0.25) is 4.98 Å². The van der Waals surface area contributed by atoms with Gasteiger partial charge in [-0.05, 0) is 80.8 Å². The average Bonchev–Trinajstić information content (AvgIpc) is 3.40. The number of hydrogen-bond donors (Lipinski definition) is 2. The number of aromatic nitrogens is 2. The van der Waals surface area contributed by atoms with E-state index < -0.39 is 20.6 Å². The maximum atomic E-state index is 15.0. The monoisotopic (exact) mass is 535 g/mol. The van der Waals surface area contributed by atoms with Gasteiger partial charge >= 0.3 is 0 Å². The number of nitrogens with two attached hydrogens (primary N) is 1. The summed E-state index contributed by atoms with van der Waals surface area (Å²) in [6.45, 7) is 2.13. The number of nitriles is 1. The van der Waals surface area contributed by atoms with Crippen molar-refractivity contribution in [2.24, 2.45) is 10.6 Å². The molecule has 2 aromatic carbocycles. The third-order valence-corrected chi connectivity index (χ3v) is 10.6. The molecule has 3 N–H and O–H groups in total. The van der Waals surface area contributed by atoms with Crippen molar-refractivity contribution in [2.75, 3.05) is 13.1 Å². The van der Waals surface area contributed by atoms with Gasteiger partial charge in [-0.2, -0.15) is 5.26 Å². The summed E-state index contributed by atoms with van der Waals surface area (Å²) in [5, 5.41) is 19.1. The largest absolute Gasteiger partial charge is 0.453 e. The summed E-state index contributed by atoms with van der Waals surface area (Å²) in [6.07, 6.45) is 8.31. The second-order valence-corrected chi connectivity index (χ2v) is 12.9. The Hall–Kier alpha value is -3.13. The van der Waals surface area contributed by atoms with Crippen LogP contribution in [0.2, 0.25) is 0 Å². The van der Waals surface area contributed by atoms with Gasteiger partial charge in [-0.25, -0.2) is 22.9 Å². The fourth-order valence-electron chi connectivity index (χ4n) is 6.74. The highest BCUT2D eigenvalue weighted by atomic mass is 32.2. The zero-order valence-corrected chi connectivity index (χ0v) is 21.9. The summed E-state index contributed by atoms with van der Waals surface area (Å²) in [6, 6.07) is 9.55. The molecule has 1 saturated heterocycles. The van der Waals surface area contributed by atoms with E-state index in [0.717, 1.165) is 37.7 Å². The van der Waals surface area contributed by atoms with E-state index in [-0.39, 0.29) is 35.5 Å². The first-order valence-corrected chi connectivity index (χ1v) is 14.7. The minimum Gasteiger partial charge on any atom is -0.453 e. The second-order valence-electron chi connectivity index (χ2n) is 11.1. The van der Waals surface area contributed by atoms with Gasteiger partial charge in [0.15, 0.2) is 11.6 Å². The minimum atomic E-state index is -4.05. The highest BCUT2D eigenvalue weighted by molar-refractivity contribution is 7.90. The fourth-order valence-corrected chi connectivity index (χ4v) is 8.08. The number of piperidine rings is 1. The van der Waals surface area contributed by atoms with E-state index >= 15 is 4.39 Å². The molecule has 0 radical (unpaired) electrons. The van der Waals surface area contributed by atoms with E-state index in [1.54, 1.807) is 18.2 Å². The maximum absolute atomic E-state index is 15.0. The first kappa shape index (κ1) is 25.2. The molecule has 0 bridgehead atoms. The Kier molecular flexibility index (Phi) is 6.13. The number of fused-ring (bicyclic) bond motifs is 1. The van der Waals surface area contributed by atoms with Gasteiger partial charge < -0.3 is 10.1 Å². The van der Waals surface area contributed by atoms with Crippen molar-refractivity contribution in [3.8, 4) is 17.6 Å². The second kappa shape index (κ2) is 9.26. The van der Waals surface area contributed by atoms with Gasteiger partial charge in [0, 0.05) is 18.2 Å². The average molecular weight is 536 g/mol. The van der Waals surface area contributed by atoms with Gasteiger partial charge in [0.05, 0.1) is 16.7 Å². The van der Waals surface area contributed by atoms with Crippen LogP contribution >= 0.6 is 0 Å². The molecule has 1 spiro atoms. The highest BCUT2D eigenvalue weighted by Gasteiger charge is 2.48. The zero-order valence-electron chi connectivity index (χ0n) is 21.0. The SMILES string of the molecule is N#Cc1c(C2(S(N)(=O)=O)CCCC2)ccc(F)c1Oc1ccc2ncc(C3CC4(CCNCC4)C3)nc2c1. The van der Waals surface area contributed by atoms with E-state index in [2.05, 4.69) is 10.3 Å². The predicted molar refractivity (Wildman–Crippen MR) is 140 cm³/mol. The number of ether oxygens (including phenoxy) is 1. The normalized spacial score (nSPS) is 20.8. The van der Waals surface area contributed by atoms with Crippen LogP contribution in [0.4, 0.5) is 4.39 Å². The van der Waals surface area contributed by atoms with Crippen molar-refractivity contribution in [1.29, 1.82) is 5.26 Å². The van der Waals surface area contributed by atoms with Crippen LogP contribution in [0.3, 0.4) is 0 Å². The molecule has 0 amide bonds. The highest BCUT2D eigenvalue weighted by Crippen LogP contribution is 2.55. The van der Waals surface area contributed by atoms with Crippen molar-refractivity contribution in [1.82, 2.24) is 15.3 Å². The van der Waals surface area contributed by atoms with E-state index in [9.17, 15) is 13.7 Å². The fraction of sp³-hybridized carbons (Fsp3) is 0.464. The molecule has 1 aliphatic heterocycles. The van der Waals surface area contributed by atoms with E-state index in [0.29, 0.717) is 35.2 Å². The van der Waals surface area contributed by atoms with E-state index in [4.69, 9.17) is 14.9 Å². The van der Waals surface area contributed by atoms with Gasteiger partial charge in [0.2, 0.25) is 10.0 Å². The standard InChI is InChI=1S/C28H30FN5O3S/c29-22-5-4-21(28(38(31,35)36)7-1-2-8-28)20(16-30)26(22)37-19-3-6-23-24(13-19)34-25(17-33-23)18-14-27(15-18)9-11-32-12-10-27/h3-6,13,17-18,32H,1-2,7-12,14-15H2,(H2,31,35,36). The number of nitrogens with one attached hydrogen (secondary N) is 1. The van der Waals surface area contributed by atoms with Crippen LogP contribution in [-0.4, -0.2) is 31.5 Å². The topological polar surface area (TPSA) is 131 Å². The lowest BCUT2D eigenvalue weighted by molar-refractivity contribution is 0.0586. The van der Waals surface area contributed by atoms with Gasteiger partial charge in [0.25, 0.3) is 0 Å². The Morgan fingerprint density at radius 1 is 1.08 bits per heavy atom. The molecule has 2 saturated carbocycles. The van der Waals surface area contributed by atoms with Crippen molar-refractivity contribution < 1.29 is 17.5 Å². The smallest absolute Gasteiger partial charge is 0.219 e. The van der Waals surface area contributed by atoms with Crippen LogP contribution in [0.25, 0.3) is 11.0 Å². The number of nitrogens with zero attached hydrogens (tertiary/aromatic N) is 3. The number of rotatable bonds is 5. The molecular formula is C28H30FN5O3S. The van der Waals surface area contributed by atoms with Crippen molar-refractivity contribution in [3.05, 3.63) is 59.2 Å². The summed E-state index contributed by atoms with van der Waals surface area (Å²) < 4.78 is 44.8. The Morgan fingerprint density at radius 3 is 2.50 bits per heavy atom. The molecule has 3 fully saturated rings. The minimum absolute atomic E-state index is 0.150. The molecule has 3 aromatic rings. The zero-order chi connectivity index (χ0) is 26.5. The quantitative estimate of drug-likeness (QED) is 0.482. The molecule has 3 aliphatic rings. The summed E-state index contributed by atoms with van der Waals surface area (Å²) in [5.41, 5.74) is 2.71. The van der Waals surface area contributed by atoms with E-state index in [1.165, 1.54) is 18.9 Å². The molecule has 198 valence electrons. The van der Waals surface area contributed by atoms with Crippen LogP contribution in [0.15, 0.2) is 36.5 Å². The van der Waals surface area contributed by atoms with Crippen LogP contribution in [0, 0.1) is 22.6 Å². The lowest BCUT2D eigenvalue weighted by Crippen LogP contribution is -2.44. The summed E-state index contributed by atoms with van der Waals surface area (Å²) >= 11 is 0. The lowest BCUT2D eigenvalue weighted by atomic mass is 9.57. The van der Waals surface area contributed by atoms with Crippen molar-refractivity contribution in [3.63, 3.8) is 0 Å². The van der Waals surface area contributed by atoms with Gasteiger partial charge in [0.1, 0.15) is 22.1 Å². The summed E-state index contributed by atoms with van der Waals surface area (Å²) in [4.78, 5) is 9.44. The predicted octanol–water partition coefficient (Wildman–Crippen LogP) is 4.74. The van der Waals surface area contributed by atoms with Crippen LogP contribution < -0.4 is 15.2 Å². The third kappa shape index (κ3) is 4.13. The van der Waals surface area contributed by atoms with Gasteiger partial charge in [-0.1, -0.05) is 18.9 Å². The summed E-state index contributed by atoms with van der Waals surface area (Å²) in [5.74, 6) is -0.407. The number of hydrogen-bond acceptors (Lipinski definition) is 7. The Labute approximate surface area is 221 Å². The molecule has 0 atom stereocenters. The maximum Gasteiger partial charge on any atom is 0.219 e. The third-order valence-electron chi connectivity index (χ3n) is 8.86. The molecule has 2 aliphatic carbocycles. The molecular weight excluding hydrogens is 505 g/mol. The van der Waals surface area contributed by atoms with Crippen molar-refractivity contribution in [2.45, 2.75) is 62.0 Å². The van der Waals surface area contributed by atoms with Crippen LogP contribution in [0.1, 0.15) is 74.1 Å². The van der Waals surface area contributed by atoms with Crippen molar-refractivity contribution >= 4 is 21.1 Å². The van der Waals surface area contributed by atoms with E-state index in [1.807, 2.05) is 12.3 Å². The molecule has 38 heavy (non-hydrogen) atoms. The number of primary sulfonamides is 1. The summed E-state index contributed by atoms with van der Waals surface area (Å²) in [7, 11) is -4.05. The molecule has 0 unspecified atom stereocenters. The number of sulfonamides is 1. The molecule has 6 rings (SSSR count). The van der Waals surface area contributed by atoms with Crippen LogP contribution in [0.5, 0.6) is 11.5 Å².